The number of benzene rings is 1. The molecule has 2 aromatic rings. The molecule has 0 saturated carbocycles. The maximum absolute atomic E-state index is 12.2. The van der Waals surface area contributed by atoms with Crippen LogP contribution in [0.4, 0.5) is 0 Å². The van der Waals surface area contributed by atoms with Crippen molar-refractivity contribution in [3.8, 4) is 11.5 Å². The molecule has 0 amide bonds. The molecule has 0 saturated heterocycles. The number of aromatic amines is 1. The SMILES string of the molecule is COc1cc2[nH]c(C(C)(C)C)cc(=O)c2cc1OC. The van der Waals surface area contributed by atoms with Crippen molar-refractivity contribution in [3.05, 3.63) is 34.1 Å². The molecule has 0 spiro atoms. The van der Waals surface area contributed by atoms with Gasteiger partial charge in [-0.05, 0) is 6.07 Å². The third-order valence-corrected chi connectivity index (χ3v) is 3.14. The van der Waals surface area contributed by atoms with E-state index in [4.69, 9.17) is 9.47 Å². The summed E-state index contributed by atoms with van der Waals surface area (Å²) in [5, 5.41) is 0.602. The van der Waals surface area contributed by atoms with Crippen LogP contribution in [0.25, 0.3) is 10.9 Å². The molecule has 1 aromatic heterocycles. The molecule has 0 aliphatic heterocycles. The number of hydrogen-bond donors (Lipinski definition) is 1. The fourth-order valence-corrected chi connectivity index (χ4v) is 1.98. The second-order valence-corrected chi connectivity index (χ2v) is 5.55. The van der Waals surface area contributed by atoms with Gasteiger partial charge < -0.3 is 14.5 Å². The molecule has 1 heterocycles. The number of H-pyrrole nitrogens is 1. The van der Waals surface area contributed by atoms with Crippen LogP contribution >= 0.6 is 0 Å². The Morgan fingerprint density at radius 3 is 2.11 bits per heavy atom. The van der Waals surface area contributed by atoms with E-state index in [1.54, 1.807) is 32.4 Å². The summed E-state index contributed by atoms with van der Waals surface area (Å²) < 4.78 is 10.5. The maximum Gasteiger partial charge on any atom is 0.189 e. The summed E-state index contributed by atoms with van der Waals surface area (Å²) in [5.74, 6) is 1.17. The lowest BCUT2D eigenvalue weighted by Gasteiger charge is -2.19. The Balaban J connectivity index is 2.78. The number of ether oxygens (including phenoxy) is 2. The molecule has 0 bridgehead atoms. The minimum Gasteiger partial charge on any atom is -0.493 e. The summed E-state index contributed by atoms with van der Waals surface area (Å²) in [6.07, 6.45) is 0. The molecule has 1 N–H and O–H groups in total. The van der Waals surface area contributed by atoms with Crippen molar-refractivity contribution in [1.29, 1.82) is 0 Å². The topological polar surface area (TPSA) is 51.3 Å². The predicted octanol–water partition coefficient (Wildman–Crippen LogP) is 2.84. The molecule has 102 valence electrons. The first kappa shape index (κ1) is 13.5. The molecule has 2 rings (SSSR count). The summed E-state index contributed by atoms with van der Waals surface area (Å²) in [4.78, 5) is 15.5. The summed E-state index contributed by atoms with van der Waals surface area (Å²) in [6.45, 7) is 6.18. The van der Waals surface area contributed by atoms with Gasteiger partial charge in [0.1, 0.15) is 0 Å². The third-order valence-electron chi connectivity index (χ3n) is 3.14. The van der Waals surface area contributed by atoms with Gasteiger partial charge in [0.05, 0.1) is 19.7 Å². The molecular weight excluding hydrogens is 242 g/mol. The Kier molecular flexibility index (Phi) is 3.27. The van der Waals surface area contributed by atoms with Crippen molar-refractivity contribution < 1.29 is 9.47 Å². The van der Waals surface area contributed by atoms with Gasteiger partial charge in [-0.3, -0.25) is 4.79 Å². The van der Waals surface area contributed by atoms with Gasteiger partial charge in [0, 0.05) is 28.6 Å². The molecular formula is C15H19NO3. The van der Waals surface area contributed by atoms with Crippen molar-refractivity contribution >= 4 is 10.9 Å². The number of pyridine rings is 1. The minimum absolute atomic E-state index is 0.0142. The highest BCUT2D eigenvalue weighted by Crippen LogP contribution is 2.31. The highest BCUT2D eigenvalue weighted by atomic mass is 16.5. The summed E-state index contributed by atoms with van der Waals surface area (Å²) in [5.41, 5.74) is 1.53. The van der Waals surface area contributed by atoms with Crippen molar-refractivity contribution in [2.45, 2.75) is 26.2 Å². The van der Waals surface area contributed by atoms with Gasteiger partial charge in [-0.25, -0.2) is 0 Å². The van der Waals surface area contributed by atoms with Crippen LogP contribution in [0.1, 0.15) is 26.5 Å². The zero-order valence-corrected chi connectivity index (χ0v) is 12.0. The van der Waals surface area contributed by atoms with E-state index in [1.165, 1.54) is 0 Å². The minimum atomic E-state index is -0.111. The van der Waals surface area contributed by atoms with E-state index < -0.39 is 0 Å². The molecule has 4 nitrogen and oxygen atoms in total. The van der Waals surface area contributed by atoms with Gasteiger partial charge in [-0.2, -0.15) is 0 Å². The Bertz CT molecular complexity index is 665. The average Bonchev–Trinajstić information content (AvgIpc) is 2.36. The summed E-state index contributed by atoms with van der Waals surface area (Å²) in [7, 11) is 3.14. The first-order chi connectivity index (χ1) is 8.86. The lowest BCUT2D eigenvalue weighted by Crippen LogP contribution is -2.17. The Labute approximate surface area is 112 Å². The predicted molar refractivity (Wildman–Crippen MR) is 76.4 cm³/mol. The summed E-state index contributed by atoms with van der Waals surface area (Å²) >= 11 is 0. The molecule has 4 heteroatoms. The largest absolute Gasteiger partial charge is 0.493 e. The lowest BCUT2D eigenvalue weighted by molar-refractivity contribution is 0.355. The van der Waals surface area contributed by atoms with Crippen LogP contribution in [0.5, 0.6) is 11.5 Å². The zero-order valence-electron chi connectivity index (χ0n) is 12.0. The number of rotatable bonds is 2. The van der Waals surface area contributed by atoms with E-state index in [0.29, 0.717) is 16.9 Å². The van der Waals surface area contributed by atoms with Crippen LogP contribution in [0.15, 0.2) is 23.0 Å². The second kappa shape index (κ2) is 4.61. The average molecular weight is 261 g/mol. The van der Waals surface area contributed by atoms with E-state index in [2.05, 4.69) is 25.8 Å². The van der Waals surface area contributed by atoms with Crippen LogP contribution in [0, 0.1) is 0 Å². The van der Waals surface area contributed by atoms with Crippen molar-refractivity contribution in [2.75, 3.05) is 14.2 Å². The molecule has 0 fully saturated rings. The quantitative estimate of drug-likeness (QED) is 0.904. The van der Waals surface area contributed by atoms with E-state index in [9.17, 15) is 4.79 Å². The van der Waals surface area contributed by atoms with Gasteiger partial charge in [0.15, 0.2) is 16.9 Å². The summed E-state index contributed by atoms with van der Waals surface area (Å²) in [6, 6.07) is 5.15. The monoisotopic (exact) mass is 261 g/mol. The lowest BCUT2D eigenvalue weighted by atomic mass is 9.91. The number of nitrogens with one attached hydrogen (secondary N) is 1. The molecule has 0 aliphatic carbocycles. The zero-order chi connectivity index (χ0) is 14.2. The number of methoxy groups -OCH3 is 2. The standard InChI is InChI=1S/C15H19NO3/c1-15(2,3)14-8-11(17)9-6-12(18-4)13(19-5)7-10(9)16-14/h6-8H,1-5H3,(H,16,17). The number of fused-ring (bicyclic) bond motifs is 1. The third kappa shape index (κ3) is 2.43. The molecule has 0 unspecified atom stereocenters. The van der Waals surface area contributed by atoms with Crippen LogP contribution in [-0.2, 0) is 5.41 Å². The molecule has 0 atom stereocenters. The van der Waals surface area contributed by atoms with Gasteiger partial charge in [-0.1, -0.05) is 20.8 Å². The maximum atomic E-state index is 12.2. The second-order valence-electron chi connectivity index (χ2n) is 5.55. The van der Waals surface area contributed by atoms with Gasteiger partial charge in [0.25, 0.3) is 0 Å². The van der Waals surface area contributed by atoms with Gasteiger partial charge >= 0.3 is 0 Å². The van der Waals surface area contributed by atoms with Crippen molar-refractivity contribution in [2.24, 2.45) is 0 Å². The van der Waals surface area contributed by atoms with Crippen LogP contribution in [0.3, 0.4) is 0 Å². The fraction of sp³-hybridized carbons (Fsp3) is 0.400. The Hall–Kier alpha value is -1.97. The van der Waals surface area contributed by atoms with Crippen LogP contribution in [0.2, 0.25) is 0 Å². The van der Waals surface area contributed by atoms with Crippen LogP contribution < -0.4 is 14.9 Å². The van der Waals surface area contributed by atoms with Crippen LogP contribution in [-0.4, -0.2) is 19.2 Å². The highest BCUT2D eigenvalue weighted by molar-refractivity contribution is 5.82. The van der Waals surface area contributed by atoms with Gasteiger partial charge in [-0.15, -0.1) is 0 Å². The fourth-order valence-electron chi connectivity index (χ4n) is 1.98. The van der Waals surface area contributed by atoms with Gasteiger partial charge in [0.2, 0.25) is 0 Å². The smallest absolute Gasteiger partial charge is 0.189 e. The highest BCUT2D eigenvalue weighted by Gasteiger charge is 2.17. The van der Waals surface area contributed by atoms with E-state index >= 15 is 0 Å². The number of aromatic nitrogens is 1. The molecule has 1 aromatic carbocycles. The van der Waals surface area contributed by atoms with E-state index in [-0.39, 0.29) is 10.8 Å². The van der Waals surface area contributed by atoms with E-state index in [1.807, 2.05) is 0 Å². The first-order valence-electron chi connectivity index (χ1n) is 6.16. The Morgan fingerprint density at radius 1 is 1.00 bits per heavy atom. The Morgan fingerprint density at radius 2 is 1.58 bits per heavy atom. The first-order valence-corrected chi connectivity index (χ1v) is 6.16. The molecule has 0 radical (unpaired) electrons. The number of hydrogen-bond acceptors (Lipinski definition) is 3. The normalized spacial score (nSPS) is 11.6. The van der Waals surface area contributed by atoms with Crippen molar-refractivity contribution in [3.63, 3.8) is 0 Å². The van der Waals surface area contributed by atoms with Crippen molar-refractivity contribution in [1.82, 2.24) is 4.98 Å². The molecule has 19 heavy (non-hydrogen) atoms. The molecule has 0 aliphatic rings. The van der Waals surface area contributed by atoms with E-state index in [0.717, 1.165) is 11.2 Å².